The molecule has 1 aromatic carbocycles. The topological polar surface area (TPSA) is 54.9 Å². The minimum absolute atomic E-state index is 0.00696. The predicted molar refractivity (Wildman–Crippen MR) is 113 cm³/mol. The smallest absolute Gasteiger partial charge is 0.227 e. The molecule has 28 heavy (non-hydrogen) atoms. The fourth-order valence-corrected chi connectivity index (χ4v) is 4.42. The lowest BCUT2D eigenvalue weighted by atomic mass is 9.73. The first-order chi connectivity index (χ1) is 13.6. The van der Waals surface area contributed by atoms with Crippen LogP contribution < -0.4 is 5.32 Å². The lowest BCUT2D eigenvalue weighted by Crippen LogP contribution is -2.29. The van der Waals surface area contributed by atoms with Crippen molar-refractivity contribution in [3.8, 4) is 0 Å². The zero-order valence-corrected chi connectivity index (χ0v) is 16.7. The van der Waals surface area contributed by atoms with E-state index in [1.807, 2.05) is 31.3 Å². The van der Waals surface area contributed by atoms with Crippen LogP contribution in [0.25, 0.3) is 11.0 Å². The summed E-state index contributed by atoms with van der Waals surface area (Å²) >= 11 is 5.91. The molecule has 5 heteroatoms. The summed E-state index contributed by atoms with van der Waals surface area (Å²) in [5, 5.41) is 4.84. The number of pyridine rings is 2. The molecule has 1 aliphatic carbocycles. The Hall–Kier alpha value is -2.46. The molecule has 4 rings (SSSR count). The van der Waals surface area contributed by atoms with E-state index >= 15 is 0 Å². The normalized spacial score (nSPS) is 20.6. The molecule has 4 nitrogen and oxygen atoms in total. The third-order valence-corrected chi connectivity index (χ3v) is 6.24. The summed E-state index contributed by atoms with van der Waals surface area (Å²) in [6, 6.07) is 13.5. The molecule has 1 unspecified atom stereocenters. The van der Waals surface area contributed by atoms with Gasteiger partial charge in [0, 0.05) is 34.4 Å². The molecule has 1 aliphatic rings. The Labute approximate surface area is 170 Å². The summed E-state index contributed by atoms with van der Waals surface area (Å²) in [6.45, 7) is 2.04. The van der Waals surface area contributed by atoms with Crippen LogP contribution in [0.2, 0.25) is 5.02 Å². The number of nitrogens with one attached hydrogen (secondary N) is 1. The maximum Gasteiger partial charge on any atom is 0.227 e. The van der Waals surface area contributed by atoms with Crippen LogP contribution in [0, 0.1) is 11.8 Å². The highest BCUT2D eigenvalue weighted by atomic mass is 35.5. The van der Waals surface area contributed by atoms with E-state index < -0.39 is 0 Å². The highest BCUT2D eigenvalue weighted by molar-refractivity contribution is 6.30. The van der Waals surface area contributed by atoms with Gasteiger partial charge in [-0.3, -0.25) is 4.79 Å². The van der Waals surface area contributed by atoms with E-state index in [4.69, 9.17) is 11.6 Å². The van der Waals surface area contributed by atoms with Crippen molar-refractivity contribution < 1.29 is 4.79 Å². The van der Waals surface area contributed by atoms with Gasteiger partial charge in [0.1, 0.15) is 0 Å². The number of hydrogen-bond acceptors (Lipinski definition) is 3. The molecular formula is C23H24ClN3O. The number of halogens is 1. The van der Waals surface area contributed by atoms with Crippen molar-refractivity contribution in [1.29, 1.82) is 0 Å². The fraction of sp³-hybridized carbons (Fsp3) is 0.348. The first-order valence-electron chi connectivity index (χ1n) is 9.88. The van der Waals surface area contributed by atoms with E-state index in [1.54, 1.807) is 18.3 Å². The van der Waals surface area contributed by atoms with Gasteiger partial charge in [-0.15, -0.1) is 0 Å². The lowest BCUT2D eigenvalue weighted by Gasteiger charge is -2.32. The summed E-state index contributed by atoms with van der Waals surface area (Å²) in [6.07, 6.45) is 7.96. The van der Waals surface area contributed by atoms with Gasteiger partial charge in [-0.05, 0) is 85.5 Å². The van der Waals surface area contributed by atoms with Gasteiger partial charge in [0.15, 0.2) is 5.65 Å². The minimum Gasteiger partial charge on any atom is -0.326 e. The molecule has 0 bridgehead atoms. The van der Waals surface area contributed by atoms with Crippen molar-refractivity contribution in [2.24, 2.45) is 11.8 Å². The average molecular weight is 394 g/mol. The SMILES string of the molecule is CC(C(=O)Nc1ccc(Cl)cc1)[C@H]1CC[C@@H](c2ccnc3ncccc32)CC1. The van der Waals surface area contributed by atoms with Crippen LogP contribution in [0.1, 0.15) is 44.1 Å². The van der Waals surface area contributed by atoms with Crippen molar-refractivity contribution in [1.82, 2.24) is 9.97 Å². The maximum atomic E-state index is 12.7. The summed E-state index contributed by atoms with van der Waals surface area (Å²) < 4.78 is 0. The molecule has 1 amide bonds. The van der Waals surface area contributed by atoms with Gasteiger partial charge >= 0.3 is 0 Å². The molecule has 2 aromatic heterocycles. The summed E-state index contributed by atoms with van der Waals surface area (Å²) in [5.74, 6) is 1.00. The van der Waals surface area contributed by atoms with Crippen LogP contribution in [0.4, 0.5) is 5.69 Å². The van der Waals surface area contributed by atoms with Gasteiger partial charge < -0.3 is 5.32 Å². The minimum atomic E-state index is -0.00696. The number of aromatic nitrogens is 2. The van der Waals surface area contributed by atoms with E-state index in [1.165, 1.54) is 5.56 Å². The van der Waals surface area contributed by atoms with Crippen LogP contribution in [0.3, 0.4) is 0 Å². The van der Waals surface area contributed by atoms with Crippen molar-refractivity contribution in [2.75, 3.05) is 5.32 Å². The Kier molecular flexibility index (Phi) is 5.58. The van der Waals surface area contributed by atoms with Crippen LogP contribution in [-0.4, -0.2) is 15.9 Å². The second-order valence-electron chi connectivity index (χ2n) is 7.67. The van der Waals surface area contributed by atoms with E-state index in [2.05, 4.69) is 27.4 Å². The monoisotopic (exact) mass is 393 g/mol. The highest BCUT2D eigenvalue weighted by Crippen LogP contribution is 2.40. The number of amides is 1. The Morgan fingerprint density at radius 2 is 1.75 bits per heavy atom. The van der Waals surface area contributed by atoms with Gasteiger partial charge in [0.05, 0.1) is 0 Å². The van der Waals surface area contributed by atoms with E-state index in [-0.39, 0.29) is 11.8 Å². The fourth-order valence-electron chi connectivity index (χ4n) is 4.29. The number of carbonyl (C=O) groups is 1. The van der Waals surface area contributed by atoms with Crippen molar-refractivity contribution in [2.45, 2.75) is 38.5 Å². The van der Waals surface area contributed by atoms with Gasteiger partial charge in [-0.1, -0.05) is 18.5 Å². The van der Waals surface area contributed by atoms with Gasteiger partial charge in [0.2, 0.25) is 5.91 Å². The molecule has 0 radical (unpaired) electrons. The molecule has 0 saturated heterocycles. The first-order valence-corrected chi connectivity index (χ1v) is 10.3. The van der Waals surface area contributed by atoms with Gasteiger partial charge in [-0.25, -0.2) is 9.97 Å². The zero-order chi connectivity index (χ0) is 19.5. The molecule has 0 aliphatic heterocycles. The number of benzene rings is 1. The Morgan fingerprint density at radius 1 is 1.04 bits per heavy atom. The molecule has 2 heterocycles. The average Bonchev–Trinajstić information content (AvgIpc) is 2.74. The van der Waals surface area contributed by atoms with E-state index in [9.17, 15) is 4.79 Å². The predicted octanol–water partition coefficient (Wildman–Crippen LogP) is 5.83. The standard InChI is InChI=1S/C23H24ClN3O/c1-15(23(28)27-19-10-8-18(24)9-11-19)16-4-6-17(7-5-16)20-12-14-26-22-21(20)3-2-13-25-22/h2-3,8-17H,4-7H2,1H3,(H,27,28)/t15?,16-,17+. The number of anilines is 1. The first kappa shape index (κ1) is 18.9. The van der Waals surface area contributed by atoms with Crippen molar-refractivity contribution in [3.05, 3.63) is 65.4 Å². The molecule has 1 N–H and O–H groups in total. The third-order valence-electron chi connectivity index (χ3n) is 5.99. The number of rotatable bonds is 4. The third kappa shape index (κ3) is 4.02. The zero-order valence-electron chi connectivity index (χ0n) is 15.9. The second kappa shape index (κ2) is 8.27. The second-order valence-corrected chi connectivity index (χ2v) is 8.11. The summed E-state index contributed by atoms with van der Waals surface area (Å²) in [5.41, 5.74) is 2.96. The maximum absolute atomic E-state index is 12.7. The molecule has 1 fully saturated rings. The van der Waals surface area contributed by atoms with E-state index in [0.717, 1.165) is 42.4 Å². The number of fused-ring (bicyclic) bond motifs is 1. The van der Waals surface area contributed by atoms with Crippen LogP contribution in [0.5, 0.6) is 0 Å². The molecule has 3 aromatic rings. The molecule has 0 spiro atoms. The number of nitrogens with zero attached hydrogens (tertiary/aromatic N) is 2. The quantitative estimate of drug-likeness (QED) is 0.606. The van der Waals surface area contributed by atoms with Crippen LogP contribution in [-0.2, 0) is 4.79 Å². The number of carbonyl (C=O) groups excluding carboxylic acids is 1. The lowest BCUT2D eigenvalue weighted by molar-refractivity contribution is -0.121. The van der Waals surface area contributed by atoms with Crippen LogP contribution in [0.15, 0.2) is 54.9 Å². The largest absolute Gasteiger partial charge is 0.326 e. The Balaban J connectivity index is 1.39. The molecule has 144 valence electrons. The van der Waals surface area contributed by atoms with Gasteiger partial charge in [-0.2, -0.15) is 0 Å². The molecule has 1 atom stereocenters. The summed E-state index contributed by atoms with van der Waals surface area (Å²) in [7, 11) is 0. The summed E-state index contributed by atoms with van der Waals surface area (Å²) in [4.78, 5) is 21.4. The van der Waals surface area contributed by atoms with Crippen molar-refractivity contribution in [3.63, 3.8) is 0 Å². The van der Waals surface area contributed by atoms with Crippen LogP contribution >= 0.6 is 11.6 Å². The molecular weight excluding hydrogens is 370 g/mol. The molecule has 1 saturated carbocycles. The highest BCUT2D eigenvalue weighted by Gasteiger charge is 2.30. The van der Waals surface area contributed by atoms with Crippen molar-refractivity contribution >= 4 is 34.2 Å². The van der Waals surface area contributed by atoms with E-state index in [0.29, 0.717) is 16.9 Å². The Bertz CT molecular complexity index is 960. The van der Waals surface area contributed by atoms with Gasteiger partial charge in [0.25, 0.3) is 0 Å². The Morgan fingerprint density at radius 3 is 2.50 bits per heavy atom. The number of hydrogen-bond donors (Lipinski definition) is 1.